The van der Waals surface area contributed by atoms with E-state index in [0.29, 0.717) is 17.4 Å². The molecule has 0 N–H and O–H groups in total. The molecule has 0 aliphatic rings. The molecular formula is C68H122NO8P. The van der Waals surface area contributed by atoms with Crippen molar-refractivity contribution < 1.29 is 42.1 Å². The van der Waals surface area contributed by atoms with Crippen LogP contribution in [0.15, 0.2) is 85.1 Å². The maximum atomic E-state index is 12.7. The highest BCUT2D eigenvalue weighted by molar-refractivity contribution is 7.45. The number of hydrogen-bond acceptors (Lipinski definition) is 8. The molecule has 10 heteroatoms. The van der Waals surface area contributed by atoms with Crippen molar-refractivity contribution in [3.05, 3.63) is 85.1 Å². The number of ether oxygens (including phenoxy) is 2. The molecule has 0 aromatic heterocycles. The van der Waals surface area contributed by atoms with Crippen LogP contribution < -0.4 is 4.89 Å². The van der Waals surface area contributed by atoms with E-state index < -0.39 is 32.5 Å². The molecule has 0 bridgehead atoms. The Morgan fingerprint density at radius 2 is 0.769 bits per heavy atom. The summed E-state index contributed by atoms with van der Waals surface area (Å²) in [7, 11) is 1.11. The zero-order valence-electron chi connectivity index (χ0n) is 51.3. The fourth-order valence-corrected chi connectivity index (χ4v) is 9.73. The largest absolute Gasteiger partial charge is 0.756 e. The first-order chi connectivity index (χ1) is 38.0. The lowest BCUT2D eigenvalue weighted by Gasteiger charge is -2.28. The molecule has 0 rings (SSSR count). The van der Waals surface area contributed by atoms with Gasteiger partial charge in [-0.2, -0.15) is 0 Å². The molecule has 452 valence electrons. The number of unbranched alkanes of at least 4 members (excludes halogenated alkanes) is 32. The number of phosphoric ester groups is 1. The average Bonchev–Trinajstić information content (AvgIpc) is 3.41. The van der Waals surface area contributed by atoms with E-state index in [9.17, 15) is 19.0 Å². The molecule has 0 aromatic carbocycles. The van der Waals surface area contributed by atoms with Gasteiger partial charge in [0.05, 0.1) is 34.2 Å². The van der Waals surface area contributed by atoms with Crippen molar-refractivity contribution in [1.29, 1.82) is 0 Å². The summed E-state index contributed by atoms with van der Waals surface area (Å²) in [5.41, 5.74) is 0. The Bertz CT molecular complexity index is 1590. The Kier molecular flexibility index (Phi) is 56.7. The lowest BCUT2D eigenvalue weighted by atomic mass is 10.0. The third-order valence-electron chi connectivity index (χ3n) is 13.9. The normalized spacial score (nSPS) is 13.8. The number of likely N-dealkylation sites (N-methyl/N-ethyl adjacent to an activating group) is 1. The van der Waals surface area contributed by atoms with Gasteiger partial charge in [0, 0.05) is 6.42 Å². The maximum absolute atomic E-state index is 12.7. The molecule has 0 saturated heterocycles. The van der Waals surface area contributed by atoms with Crippen LogP contribution in [0.25, 0.3) is 0 Å². The van der Waals surface area contributed by atoms with E-state index in [1.165, 1.54) is 199 Å². The Hall–Kier alpha value is -2.81. The van der Waals surface area contributed by atoms with Crippen molar-refractivity contribution in [2.45, 2.75) is 290 Å². The minimum atomic E-state index is -4.66. The summed E-state index contributed by atoms with van der Waals surface area (Å²) in [6.45, 7) is 4.01. The highest BCUT2D eigenvalue weighted by atomic mass is 31.2. The van der Waals surface area contributed by atoms with Gasteiger partial charge in [0.2, 0.25) is 0 Å². The van der Waals surface area contributed by atoms with E-state index in [-0.39, 0.29) is 26.1 Å². The summed E-state index contributed by atoms with van der Waals surface area (Å²) >= 11 is 0. The SMILES string of the molecule is CC/C=C\C/C=C\C/C=C\C/C=C\C/C=C\CC(=O)OC(COC(=O)CCCCCCCCCCCCCCCCCCCCCCCCCCCCC/C=C\C/C=C\CCCCCCC)COP(=O)([O-])OCC[N+](C)(C)C. The van der Waals surface area contributed by atoms with Gasteiger partial charge in [-0.05, 0) is 70.6 Å². The number of rotatable bonds is 59. The molecule has 2 unspecified atom stereocenters. The second kappa shape index (κ2) is 58.8. The molecule has 0 aliphatic carbocycles. The van der Waals surface area contributed by atoms with Gasteiger partial charge in [-0.25, -0.2) is 0 Å². The monoisotopic (exact) mass is 1110 g/mol. The molecule has 0 aliphatic heterocycles. The third-order valence-corrected chi connectivity index (χ3v) is 14.9. The first-order valence-corrected chi connectivity index (χ1v) is 33.8. The van der Waals surface area contributed by atoms with E-state index in [0.717, 1.165) is 51.4 Å². The molecule has 0 amide bonds. The van der Waals surface area contributed by atoms with Gasteiger partial charge >= 0.3 is 11.9 Å². The number of carbonyl (C=O) groups excluding carboxylic acids is 2. The number of hydrogen-bond donors (Lipinski definition) is 0. The second-order valence-corrected chi connectivity index (χ2v) is 24.2. The van der Waals surface area contributed by atoms with Gasteiger partial charge < -0.3 is 27.9 Å². The minimum absolute atomic E-state index is 0.00848. The number of allylic oxidation sites excluding steroid dienone is 13. The van der Waals surface area contributed by atoms with Crippen LogP contribution in [0.4, 0.5) is 0 Å². The number of nitrogens with zero attached hydrogens (tertiary/aromatic N) is 1. The lowest BCUT2D eigenvalue weighted by Crippen LogP contribution is -2.37. The van der Waals surface area contributed by atoms with Crippen molar-refractivity contribution in [1.82, 2.24) is 0 Å². The van der Waals surface area contributed by atoms with Crippen LogP contribution in [-0.4, -0.2) is 70.0 Å². The Morgan fingerprint density at radius 3 is 1.15 bits per heavy atom. The van der Waals surface area contributed by atoms with Crippen LogP contribution in [0.1, 0.15) is 284 Å². The van der Waals surface area contributed by atoms with E-state index in [2.05, 4.69) is 80.7 Å². The maximum Gasteiger partial charge on any atom is 0.310 e. The molecule has 0 radical (unpaired) electrons. The first-order valence-electron chi connectivity index (χ1n) is 32.3. The first kappa shape index (κ1) is 75.2. The molecule has 0 spiro atoms. The van der Waals surface area contributed by atoms with Gasteiger partial charge in [0.1, 0.15) is 19.8 Å². The molecule has 0 fully saturated rings. The molecule has 2 atom stereocenters. The van der Waals surface area contributed by atoms with Crippen LogP contribution >= 0.6 is 7.82 Å². The summed E-state index contributed by atoms with van der Waals surface area (Å²) in [4.78, 5) is 37.8. The summed E-state index contributed by atoms with van der Waals surface area (Å²) in [5.74, 6) is -0.976. The van der Waals surface area contributed by atoms with Crippen molar-refractivity contribution >= 4 is 19.8 Å². The minimum Gasteiger partial charge on any atom is -0.756 e. The van der Waals surface area contributed by atoms with Crippen LogP contribution in [0.3, 0.4) is 0 Å². The Labute approximate surface area is 481 Å². The fraction of sp³-hybridized carbons (Fsp3) is 0.765. The quantitative estimate of drug-likeness (QED) is 0.0195. The summed E-state index contributed by atoms with van der Waals surface area (Å²) < 4.78 is 34.0. The zero-order valence-corrected chi connectivity index (χ0v) is 52.2. The zero-order chi connectivity index (χ0) is 57.0. The van der Waals surface area contributed by atoms with Crippen LogP contribution in [0.5, 0.6) is 0 Å². The third kappa shape index (κ3) is 62.4. The number of esters is 2. The Balaban J connectivity index is 3.92. The topological polar surface area (TPSA) is 111 Å². The van der Waals surface area contributed by atoms with Gasteiger partial charge in [0.15, 0.2) is 6.10 Å². The van der Waals surface area contributed by atoms with Crippen LogP contribution in [0, 0.1) is 0 Å². The second-order valence-electron chi connectivity index (χ2n) is 22.8. The molecule has 78 heavy (non-hydrogen) atoms. The van der Waals surface area contributed by atoms with Crippen LogP contribution in [-0.2, 0) is 32.7 Å². The van der Waals surface area contributed by atoms with Gasteiger partial charge in [-0.3, -0.25) is 14.2 Å². The van der Waals surface area contributed by atoms with Crippen molar-refractivity contribution in [2.24, 2.45) is 0 Å². The van der Waals surface area contributed by atoms with Gasteiger partial charge in [-0.1, -0.05) is 285 Å². The number of quaternary nitrogens is 1. The van der Waals surface area contributed by atoms with Crippen molar-refractivity contribution in [2.75, 3.05) is 47.5 Å². The van der Waals surface area contributed by atoms with Gasteiger partial charge in [-0.15, -0.1) is 0 Å². The smallest absolute Gasteiger partial charge is 0.310 e. The molecule has 0 saturated carbocycles. The molecule has 0 aromatic rings. The van der Waals surface area contributed by atoms with Crippen molar-refractivity contribution in [3.8, 4) is 0 Å². The highest BCUT2D eigenvalue weighted by Gasteiger charge is 2.21. The van der Waals surface area contributed by atoms with Crippen LogP contribution in [0.2, 0.25) is 0 Å². The summed E-state index contributed by atoms with van der Waals surface area (Å²) in [5, 5.41) is 0. The van der Waals surface area contributed by atoms with E-state index in [4.69, 9.17) is 18.5 Å². The summed E-state index contributed by atoms with van der Waals surface area (Å²) in [6, 6.07) is 0. The predicted molar refractivity (Wildman–Crippen MR) is 332 cm³/mol. The molecule has 9 nitrogen and oxygen atoms in total. The predicted octanol–water partition coefficient (Wildman–Crippen LogP) is 20.0. The van der Waals surface area contributed by atoms with E-state index in [1.54, 1.807) is 6.08 Å². The highest BCUT2D eigenvalue weighted by Crippen LogP contribution is 2.38. The number of carbonyl (C=O) groups is 2. The number of phosphoric acid groups is 1. The van der Waals surface area contributed by atoms with Gasteiger partial charge in [0.25, 0.3) is 7.82 Å². The van der Waals surface area contributed by atoms with E-state index in [1.807, 2.05) is 33.3 Å². The lowest BCUT2D eigenvalue weighted by molar-refractivity contribution is -0.870. The van der Waals surface area contributed by atoms with E-state index >= 15 is 0 Å². The Morgan fingerprint density at radius 1 is 0.423 bits per heavy atom. The standard InChI is InChI=1S/C68H122NO8P/c1-6-8-10-12-14-16-18-20-22-23-24-25-26-27-28-29-30-31-32-33-34-35-36-37-38-39-40-41-42-43-44-45-47-48-50-52-54-56-58-60-67(70)74-64-66(65-76-78(72,73)75-63-62-69(3,4)5)77-68(71)61-59-57-55-53-51-49-46-21-19-17-15-13-11-9-7-2/h9,11,15,17-18,20-21,23-24,46,51,53,57,59,66H,6-8,10,12-14,16,19,22,25-45,47-50,52,54-56,58,60-65H2,1-5H3/b11-9-,17-15-,20-18-,24-23-,46-21-,53-51-,59-57-. The molecule has 0 heterocycles. The van der Waals surface area contributed by atoms with Crippen molar-refractivity contribution in [3.63, 3.8) is 0 Å². The molecular weight excluding hydrogens is 990 g/mol. The fourth-order valence-electron chi connectivity index (χ4n) is 9.00. The summed E-state index contributed by atoms with van der Waals surface area (Å²) in [6.07, 6.45) is 80.1. The average molecular weight is 1110 g/mol.